The van der Waals surface area contributed by atoms with Gasteiger partial charge < -0.3 is 19.4 Å². The summed E-state index contributed by atoms with van der Waals surface area (Å²) >= 11 is 0. The van der Waals surface area contributed by atoms with Crippen LogP contribution in [0.1, 0.15) is 17.7 Å². The maximum atomic E-state index is 12.8. The highest BCUT2D eigenvalue weighted by atomic mass is 16.5. The van der Waals surface area contributed by atoms with Gasteiger partial charge in [-0.25, -0.2) is 9.97 Å². The third-order valence-electron chi connectivity index (χ3n) is 5.98. The standard InChI is InChI=1S/C19H30N6O2/c1-22(2)15-3-5-23(11-15)13-18(26)25-6-4-16-17(12-25)20-14-21-19(16)24-7-9-27-10-8-24/h14-15H,3-13H2,1-2H3/t15-/m1/s1. The van der Waals surface area contributed by atoms with Gasteiger partial charge in [-0.15, -0.1) is 0 Å². The lowest BCUT2D eigenvalue weighted by Crippen LogP contribution is -2.44. The number of hydrogen-bond acceptors (Lipinski definition) is 7. The van der Waals surface area contributed by atoms with Crippen molar-refractivity contribution in [2.75, 3.05) is 71.5 Å². The van der Waals surface area contributed by atoms with E-state index in [2.05, 4.69) is 38.8 Å². The molecule has 2 fully saturated rings. The van der Waals surface area contributed by atoms with Gasteiger partial charge in [0.15, 0.2) is 0 Å². The molecule has 0 saturated carbocycles. The zero-order valence-corrected chi connectivity index (χ0v) is 16.4. The number of fused-ring (bicyclic) bond motifs is 1. The molecule has 1 aromatic heterocycles. The quantitative estimate of drug-likeness (QED) is 0.725. The fraction of sp³-hybridized carbons (Fsp3) is 0.737. The summed E-state index contributed by atoms with van der Waals surface area (Å²) in [6.45, 7) is 7.07. The third kappa shape index (κ3) is 4.07. The second kappa shape index (κ2) is 8.08. The van der Waals surface area contributed by atoms with E-state index in [-0.39, 0.29) is 5.91 Å². The van der Waals surface area contributed by atoms with Gasteiger partial charge in [0.1, 0.15) is 12.1 Å². The summed E-state index contributed by atoms with van der Waals surface area (Å²) in [5.41, 5.74) is 2.20. The Kier molecular flexibility index (Phi) is 5.56. The van der Waals surface area contributed by atoms with Crippen LogP contribution in [-0.2, 0) is 22.5 Å². The summed E-state index contributed by atoms with van der Waals surface area (Å²) < 4.78 is 5.45. The normalized spacial score (nSPS) is 23.7. The Morgan fingerprint density at radius 3 is 2.78 bits per heavy atom. The van der Waals surface area contributed by atoms with Crippen molar-refractivity contribution < 1.29 is 9.53 Å². The molecule has 0 spiro atoms. The van der Waals surface area contributed by atoms with Crippen LogP contribution in [0.5, 0.6) is 0 Å². The molecule has 8 nitrogen and oxygen atoms in total. The highest BCUT2D eigenvalue weighted by molar-refractivity contribution is 5.78. The second-order valence-electron chi connectivity index (χ2n) is 7.93. The fourth-order valence-electron chi connectivity index (χ4n) is 4.27. The first-order valence-electron chi connectivity index (χ1n) is 9.94. The number of aromatic nitrogens is 2. The highest BCUT2D eigenvalue weighted by Crippen LogP contribution is 2.26. The van der Waals surface area contributed by atoms with Gasteiger partial charge in [-0.3, -0.25) is 9.69 Å². The Morgan fingerprint density at radius 2 is 2.04 bits per heavy atom. The van der Waals surface area contributed by atoms with Crippen LogP contribution < -0.4 is 4.90 Å². The number of ether oxygens (including phenoxy) is 1. The molecule has 8 heteroatoms. The van der Waals surface area contributed by atoms with Crippen LogP contribution in [0.3, 0.4) is 0 Å². The second-order valence-corrected chi connectivity index (χ2v) is 7.93. The van der Waals surface area contributed by atoms with Gasteiger partial charge >= 0.3 is 0 Å². The zero-order chi connectivity index (χ0) is 18.8. The molecule has 27 heavy (non-hydrogen) atoms. The Labute approximate surface area is 161 Å². The van der Waals surface area contributed by atoms with Crippen LogP contribution in [0.25, 0.3) is 0 Å². The van der Waals surface area contributed by atoms with Crippen LogP contribution in [-0.4, -0.2) is 103 Å². The fourth-order valence-corrected chi connectivity index (χ4v) is 4.27. The van der Waals surface area contributed by atoms with Crippen molar-refractivity contribution in [2.24, 2.45) is 0 Å². The Bertz CT molecular complexity index is 676. The van der Waals surface area contributed by atoms with E-state index in [1.807, 2.05) is 4.90 Å². The van der Waals surface area contributed by atoms with Crippen molar-refractivity contribution in [2.45, 2.75) is 25.4 Å². The van der Waals surface area contributed by atoms with Crippen LogP contribution in [0.2, 0.25) is 0 Å². The Balaban J connectivity index is 1.39. The van der Waals surface area contributed by atoms with Crippen LogP contribution >= 0.6 is 0 Å². The van der Waals surface area contributed by atoms with Crippen molar-refractivity contribution in [3.8, 4) is 0 Å². The number of likely N-dealkylation sites (tertiary alicyclic amines) is 1. The highest BCUT2D eigenvalue weighted by Gasteiger charge is 2.30. The van der Waals surface area contributed by atoms with Gasteiger partial charge in [0.25, 0.3) is 0 Å². The first-order chi connectivity index (χ1) is 13.1. The number of amides is 1. The molecule has 4 rings (SSSR count). The molecule has 0 unspecified atom stereocenters. The van der Waals surface area contributed by atoms with Crippen molar-refractivity contribution >= 4 is 11.7 Å². The largest absolute Gasteiger partial charge is 0.378 e. The molecular weight excluding hydrogens is 344 g/mol. The average Bonchev–Trinajstić information content (AvgIpc) is 3.16. The molecule has 148 valence electrons. The van der Waals surface area contributed by atoms with Gasteiger partial charge in [-0.05, 0) is 26.9 Å². The molecule has 0 aromatic carbocycles. The number of nitrogens with zero attached hydrogens (tertiary/aromatic N) is 6. The lowest BCUT2D eigenvalue weighted by Gasteiger charge is -2.34. The van der Waals surface area contributed by atoms with Crippen LogP contribution in [0.4, 0.5) is 5.82 Å². The predicted octanol–water partition coefficient (Wildman–Crippen LogP) is -0.166. The van der Waals surface area contributed by atoms with Gasteiger partial charge in [-0.1, -0.05) is 0 Å². The molecule has 0 bridgehead atoms. The molecule has 4 heterocycles. The van der Waals surface area contributed by atoms with Gasteiger partial charge in [0.2, 0.25) is 5.91 Å². The molecule has 1 atom stereocenters. The van der Waals surface area contributed by atoms with Crippen molar-refractivity contribution in [1.82, 2.24) is 24.7 Å². The molecule has 0 N–H and O–H groups in total. The maximum Gasteiger partial charge on any atom is 0.237 e. The van der Waals surface area contributed by atoms with E-state index in [1.165, 1.54) is 5.56 Å². The van der Waals surface area contributed by atoms with Crippen LogP contribution in [0, 0.1) is 0 Å². The van der Waals surface area contributed by atoms with E-state index in [4.69, 9.17) is 4.74 Å². The molecule has 3 aliphatic heterocycles. The molecule has 1 amide bonds. The maximum absolute atomic E-state index is 12.8. The number of hydrogen-bond donors (Lipinski definition) is 0. The molecule has 0 aliphatic carbocycles. The summed E-state index contributed by atoms with van der Waals surface area (Å²) in [5.74, 6) is 1.25. The average molecular weight is 374 g/mol. The van der Waals surface area contributed by atoms with E-state index in [0.29, 0.717) is 19.1 Å². The van der Waals surface area contributed by atoms with E-state index >= 15 is 0 Å². The monoisotopic (exact) mass is 374 g/mol. The minimum Gasteiger partial charge on any atom is -0.378 e. The van der Waals surface area contributed by atoms with Crippen molar-refractivity contribution in [3.05, 3.63) is 17.6 Å². The third-order valence-corrected chi connectivity index (χ3v) is 5.98. The van der Waals surface area contributed by atoms with Gasteiger partial charge in [0.05, 0.1) is 32.0 Å². The Morgan fingerprint density at radius 1 is 1.22 bits per heavy atom. The van der Waals surface area contributed by atoms with Crippen LogP contribution in [0.15, 0.2) is 6.33 Å². The van der Waals surface area contributed by atoms with E-state index < -0.39 is 0 Å². The summed E-state index contributed by atoms with van der Waals surface area (Å²) in [4.78, 5) is 30.6. The first-order valence-corrected chi connectivity index (χ1v) is 9.94. The molecular formula is C19H30N6O2. The topological polar surface area (TPSA) is 65.0 Å². The van der Waals surface area contributed by atoms with Gasteiger partial charge in [0, 0.05) is 44.3 Å². The number of carbonyl (C=O) groups excluding carboxylic acids is 1. The number of anilines is 1. The smallest absolute Gasteiger partial charge is 0.237 e. The lowest BCUT2D eigenvalue weighted by molar-refractivity contribution is -0.133. The summed E-state index contributed by atoms with van der Waals surface area (Å²) in [6.07, 6.45) is 3.61. The molecule has 1 aromatic rings. The lowest BCUT2D eigenvalue weighted by atomic mass is 10.0. The molecule has 2 saturated heterocycles. The Hall–Kier alpha value is -1.77. The number of morpholine rings is 1. The number of likely N-dealkylation sites (N-methyl/N-ethyl adjacent to an activating group) is 1. The summed E-state index contributed by atoms with van der Waals surface area (Å²) in [7, 11) is 4.23. The predicted molar refractivity (Wildman–Crippen MR) is 103 cm³/mol. The molecule has 0 radical (unpaired) electrons. The number of carbonyl (C=O) groups is 1. The van der Waals surface area contributed by atoms with E-state index in [9.17, 15) is 4.79 Å². The summed E-state index contributed by atoms with van der Waals surface area (Å²) in [5, 5.41) is 0. The minimum absolute atomic E-state index is 0.214. The van der Waals surface area contributed by atoms with E-state index in [0.717, 1.165) is 70.3 Å². The first kappa shape index (κ1) is 18.6. The van der Waals surface area contributed by atoms with Crippen molar-refractivity contribution in [1.29, 1.82) is 0 Å². The van der Waals surface area contributed by atoms with Gasteiger partial charge in [-0.2, -0.15) is 0 Å². The van der Waals surface area contributed by atoms with Crippen molar-refractivity contribution in [3.63, 3.8) is 0 Å². The zero-order valence-electron chi connectivity index (χ0n) is 16.4. The molecule has 3 aliphatic rings. The number of rotatable bonds is 4. The van der Waals surface area contributed by atoms with E-state index in [1.54, 1.807) is 6.33 Å². The summed E-state index contributed by atoms with van der Waals surface area (Å²) in [6, 6.07) is 0.559. The minimum atomic E-state index is 0.214. The SMILES string of the molecule is CN(C)[C@@H]1CCN(CC(=O)N2CCc3c(ncnc3N3CCOCC3)C2)C1.